The molecule has 0 aromatic heterocycles. The number of phosphoric acid groups is 1. The minimum absolute atomic E-state index is 0.0363. The maximum absolute atomic E-state index is 13.5. The first-order valence-electron chi connectivity index (χ1n) is 31.6. The predicted molar refractivity (Wildman–Crippen MR) is 323 cm³/mol. The maximum Gasteiger partial charge on any atom is 0.472 e. The molecule has 0 heterocycles. The van der Waals surface area contributed by atoms with Crippen LogP contribution in [0.25, 0.3) is 0 Å². The van der Waals surface area contributed by atoms with Gasteiger partial charge < -0.3 is 19.4 Å². The maximum atomic E-state index is 13.5. The molecule has 0 rings (SSSR count). The first-order valence-corrected chi connectivity index (χ1v) is 33.1. The molecule has 1 amide bonds. The Balaban J connectivity index is 5.31. The standard InChI is InChI=1S/C65H121N2O7P/c1-7-10-13-16-19-22-25-28-30-32-33-35-37-40-43-46-49-52-55-58-65(69)74-63(56-53-50-47-44-41-38-27-24-21-18-15-12-9-3)62(61-73-75(70,71)72-60-59-67(4,5)6)66-64(68)57-54-51-48-45-42-39-36-34-31-29-26-23-20-17-14-11-8-2/h19,22,28-31,33,35,53,56,62-63H,7-18,20-21,23-27,32,34,36-52,54-55,57-61H2,1-6H3,(H-,66,68,70,71)/p+1/b22-19-,30-28-,31-29+,35-33-,56-53+. The van der Waals surface area contributed by atoms with Crippen molar-refractivity contribution < 1.29 is 37.3 Å². The molecule has 9 nitrogen and oxygen atoms in total. The molecular weight excluding hydrogens is 952 g/mol. The molecule has 3 unspecified atom stereocenters. The van der Waals surface area contributed by atoms with Crippen LogP contribution >= 0.6 is 7.82 Å². The first kappa shape index (κ1) is 72.7. The number of ether oxygens (including phenoxy) is 1. The summed E-state index contributed by atoms with van der Waals surface area (Å²) < 4.78 is 30.7. The quantitative estimate of drug-likeness (QED) is 0.0205. The number of esters is 1. The van der Waals surface area contributed by atoms with E-state index in [-0.39, 0.29) is 31.5 Å². The van der Waals surface area contributed by atoms with Crippen LogP contribution in [-0.2, 0) is 27.9 Å². The molecule has 0 bridgehead atoms. The highest BCUT2D eigenvalue weighted by molar-refractivity contribution is 7.47. The molecule has 10 heteroatoms. The minimum Gasteiger partial charge on any atom is -0.456 e. The van der Waals surface area contributed by atoms with Crippen molar-refractivity contribution in [3.63, 3.8) is 0 Å². The Labute approximate surface area is 464 Å². The lowest BCUT2D eigenvalue weighted by atomic mass is 10.0. The number of carbonyl (C=O) groups is 2. The van der Waals surface area contributed by atoms with E-state index in [9.17, 15) is 19.0 Å². The number of amides is 1. The Kier molecular flexibility index (Phi) is 53.4. The minimum atomic E-state index is -4.45. The van der Waals surface area contributed by atoms with Crippen LogP contribution in [0.15, 0.2) is 60.8 Å². The Morgan fingerprint density at radius 3 is 1.25 bits per heavy atom. The van der Waals surface area contributed by atoms with Crippen LogP contribution in [0, 0.1) is 0 Å². The summed E-state index contributed by atoms with van der Waals surface area (Å²) in [7, 11) is 1.49. The number of phosphoric ester groups is 1. The van der Waals surface area contributed by atoms with E-state index in [1.165, 1.54) is 161 Å². The number of nitrogens with one attached hydrogen (secondary N) is 1. The Hall–Kier alpha value is -2.29. The van der Waals surface area contributed by atoms with Crippen LogP contribution < -0.4 is 5.32 Å². The molecule has 75 heavy (non-hydrogen) atoms. The summed E-state index contributed by atoms with van der Waals surface area (Å²) in [6.07, 6.45) is 69.2. The molecule has 0 aliphatic rings. The molecule has 0 radical (unpaired) electrons. The number of quaternary nitrogens is 1. The van der Waals surface area contributed by atoms with Crippen molar-refractivity contribution in [3.05, 3.63) is 60.8 Å². The van der Waals surface area contributed by atoms with Gasteiger partial charge >= 0.3 is 13.8 Å². The summed E-state index contributed by atoms with van der Waals surface area (Å²) in [4.78, 5) is 37.7. The summed E-state index contributed by atoms with van der Waals surface area (Å²) in [5.41, 5.74) is 0. The van der Waals surface area contributed by atoms with Crippen molar-refractivity contribution >= 4 is 19.7 Å². The van der Waals surface area contributed by atoms with Gasteiger partial charge in [-0.2, -0.15) is 0 Å². The van der Waals surface area contributed by atoms with Crippen LogP contribution in [0.5, 0.6) is 0 Å². The number of hydrogen-bond donors (Lipinski definition) is 2. The lowest BCUT2D eigenvalue weighted by molar-refractivity contribution is -0.870. The summed E-state index contributed by atoms with van der Waals surface area (Å²) in [5, 5.41) is 3.06. The van der Waals surface area contributed by atoms with Crippen molar-refractivity contribution in [3.8, 4) is 0 Å². The van der Waals surface area contributed by atoms with Crippen LogP contribution in [0.1, 0.15) is 290 Å². The Bertz CT molecular complexity index is 1470. The fraction of sp³-hybridized carbons (Fsp3) is 0.815. The van der Waals surface area contributed by atoms with Gasteiger partial charge in [0.15, 0.2) is 0 Å². The summed E-state index contributed by atoms with van der Waals surface area (Å²) in [6.45, 7) is 6.99. The molecule has 438 valence electrons. The number of allylic oxidation sites excluding steroid dienone is 9. The van der Waals surface area contributed by atoms with E-state index in [4.69, 9.17) is 13.8 Å². The van der Waals surface area contributed by atoms with Crippen molar-refractivity contribution in [2.45, 2.75) is 303 Å². The molecule has 3 atom stereocenters. The second-order valence-electron chi connectivity index (χ2n) is 22.6. The van der Waals surface area contributed by atoms with Gasteiger partial charge in [-0.25, -0.2) is 4.57 Å². The zero-order valence-corrected chi connectivity index (χ0v) is 50.9. The topological polar surface area (TPSA) is 111 Å². The van der Waals surface area contributed by atoms with Crippen molar-refractivity contribution in [1.82, 2.24) is 5.32 Å². The molecule has 2 N–H and O–H groups in total. The Morgan fingerprint density at radius 2 is 0.813 bits per heavy atom. The predicted octanol–water partition coefficient (Wildman–Crippen LogP) is 19.4. The third-order valence-electron chi connectivity index (χ3n) is 13.9. The average molecular weight is 1070 g/mol. The second-order valence-corrected chi connectivity index (χ2v) is 24.0. The second kappa shape index (κ2) is 55.0. The van der Waals surface area contributed by atoms with Gasteiger partial charge in [-0.15, -0.1) is 0 Å². The fourth-order valence-corrected chi connectivity index (χ4v) is 9.74. The number of unbranched alkanes of at least 4 members (excludes halogenated alkanes) is 33. The van der Waals surface area contributed by atoms with Gasteiger partial charge in [0.25, 0.3) is 0 Å². The molecule has 0 aromatic carbocycles. The van der Waals surface area contributed by atoms with Gasteiger partial charge in [0.05, 0.1) is 33.8 Å². The third-order valence-corrected chi connectivity index (χ3v) is 14.9. The lowest BCUT2D eigenvalue weighted by Gasteiger charge is -2.27. The van der Waals surface area contributed by atoms with E-state index >= 15 is 0 Å². The summed E-state index contributed by atoms with van der Waals surface area (Å²) in [6, 6.07) is -0.857. The molecule has 0 saturated heterocycles. The molecule has 0 spiro atoms. The van der Waals surface area contributed by atoms with Crippen LogP contribution in [0.4, 0.5) is 0 Å². The molecular formula is C65H122N2O7P+. The highest BCUT2D eigenvalue weighted by Gasteiger charge is 2.30. The monoisotopic (exact) mass is 1070 g/mol. The molecule has 0 fully saturated rings. The van der Waals surface area contributed by atoms with E-state index in [2.05, 4.69) is 74.7 Å². The number of carbonyl (C=O) groups excluding carboxylic acids is 2. The average Bonchev–Trinajstić information content (AvgIpc) is 3.37. The molecule has 0 aromatic rings. The number of rotatable bonds is 57. The van der Waals surface area contributed by atoms with Gasteiger partial charge in [0.1, 0.15) is 19.3 Å². The van der Waals surface area contributed by atoms with Crippen LogP contribution in [0.3, 0.4) is 0 Å². The van der Waals surface area contributed by atoms with Crippen molar-refractivity contribution in [2.24, 2.45) is 0 Å². The van der Waals surface area contributed by atoms with E-state index in [1.807, 2.05) is 33.3 Å². The van der Waals surface area contributed by atoms with Crippen molar-refractivity contribution in [2.75, 3.05) is 40.9 Å². The highest BCUT2D eigenvalue weighted by Crippen LogP contribution is 2.43. The van der Waals surface area contributed by atoms with E-state index in [1.54, 1.807) is 0 Å². The summed E-state index contributed by atoms with van der Waals surface area (Å²) in [5.74, 6) is -0.519. The first-order chi connectivity index (χ1) is 36.4. The van der Waals surface area contributed by atoms with Gasteiger partial charge in [0.2, 0.25) is 5.91 Å². The zero-order valence-electron chi connectivity index (χ0n) is 50.0. The molecule has 0 aliphatic heterocycles. The largest absolute Gasteiger partial charge is 0.472 e. The zero-order chi connectivity index (χ0) is 55.0. The smallest absolute Gasteiger partial charge is 0.456 e. The van der Waals surface area contributed by atoms with E-state index in [0.29, 0.717) is 17.4 Å². The normalized spacial score (nSPS) is 14.1. The van der Waals surface area contributed by atoms with Crippen LogP contribution in [-0.4, -0.2) is 74.3 Å². The van der Waals surface area contributed by atoms with Gasteiger partial charge in [0, 0.05) is 12.8 Å². The van der Waals surface area contributed by atoms with E-state index in [0.717, 1.165) is 96.3 Å². The van der Waals surface area contributed by atoms with E-state index < -0.39 is 20.0 Å². The highest BCUT2D eigenvalue weighted by atomic mass is 31.2. The third kappa shape index (κ3) is 56.2. The number of nitrogens with zero attached hydrogens (tertiary/aromatic N) is 1. The number of likely N-dealkylation sites (N-methyl/N-ethyl adjacent to an activating group) is 1. The molecule has 0 aliphatic carbocycles. The Morgan fingerprint density at radius 1 is 0.467 bits per heavy atom. The van der Waals surface area contributed by atoms with Crippen LogP contribution in [0.2, 0.25) is 0 Å². The van der Waals surface area contributed by atoms with Gasteiger partial charge in [-0.05, 0) is 96.0 Å². The lowest BCUT2D eigenvalue weighted by Crippen LogP contribution is -2.47. The SMILES string of the molecule is CCCCC/C=C\C/C=C\C/C=C\CCCCCCCCC(=O)OC(/C=C/CCCCCCCCCCCCC)C(COP(=O)(O)OCC[N+](C)(C)C)NC(=O)CCCCCCCCC/C=C/CCCCCCCC. The number of hydrogen-bond acceptors (Lipinski definition) is 6. The van der Waals surface area contributed by atoms with Gasteiger partial charge in [-0.1, -0.05) is 242 Å². The molecule has 0 saturated carbocycles. The fourth-order valence-electron chi connectivity index (χ4n) is 9.00. The van der Waals surface area contributed by atoms with Gasteiger partial charge in [-0.3, -0.25) is 18.6 Å². The summed E-state index contributed by atoms with van der Waals surface area (Å²) >= 11 is 0. The van der Waals surface area contributed by atoms with Crippen molar-refractivity contribution in [1.29, 1.82) is 0 Å².